The van der Waals surface area contributed by atoms with E-state index in [0.29, 0.717) is 0 Å². The Morgan fingerprint density at radius 2 is 2.00 bits per heavy atom. The second-order valence-electron chi connectivity index (χ2n) is 1.91. The van der Waals surface area contributed by atoms with E-state index in [1.54, 1.807) is 9.83 Å². The van der Waals surface area contributed by atoms with Crippen LogP contribution in [-0.4, -0.2) is 12.4 Å². The van der Waals surface area contributed by atoms with E-state index in [0.717, 1.165) is 6.61 Å². The van der Waals surface area contributed by atoms with Crippen LogP contribution in [0.25, 0.3) is 0 Å². The van der Waals surface area contributed by atoms with Gasteiger partial charge in [-0.15, -0.1) is 0 Å². The fourth-order valence-corrected chi connectivity index (χ4v) is 5.56. The Morgan fingerprint density at radius 1 is 1.00 bits per heavy atom. The van der Waals surface area contributed by atoms with Crippen LogP contribution in [0.5, 0.6) is 0 Å². The Morgan fingerprint density at radius 3 is 3.00 bits per heavy atom. The van der Waals surface area contributed by atoms with Crippen molar-refractivity contribution >= 4 is 41.5 Å². The maximum absolute atomic E-state index is 5.26. The third-order valence-electron chi connectivity index (χ3n) is 1.11. The summed E-state index contributed by atoms with van der Waals surface area (Å²) < 4.78 is 5.26. The van der Waals surface area contributed by atoms with Crippen molar-refractivity contribution in [1.82, 2.24) is 0 Å². The molecule has 1 rings (SSSR count). The SMILES string of the molecule is C1CCOSSSSCC1. The molecule has 0 aromatic rings. The summed E-state index contributed by atoms with van der Waals surface area (Å²) in [6.07, 6.45) is 3.88. The Hall–Kier alpha value is 1.36. The molecule has 1 saturated heterocycles. The van der Waals surface area contributed by atoms with Gasteiger partial charge < -0.3 is 4.18 Å². The van der Waals surface area contributed by atoms with Gasteiger partial charge in [0.1, 0.15) is 0 Å². The Balaban J connectivity index is 2.00. The van der Waals surface area contributed by atoms with Gasteiger partial charge in [0.15, 0.2) is 0 Å². The van der Waals surface area contributed by atoms with Gasteiger partial charge in [0.2, 0.25) is 0 Å². The van der Waals surface area contributed by atoms with Gasteiger partial charge in [-0.05, 0) is 22.7 Å². The summed E-state index contributed by atoms with van der Waals surface area (Å²) in [5.41, 5.74) is 0. The van der Waals surface area contributed by atoms with Gasteiger partial charge in [-0.25, -0.2) is 0 Å². The molecule has 1 fully saturated rings. The van der Waals surface area contributed by atoms with Crippen LogP contribution >= 0.6 is 41.5 Å². The lowest BCUT2D eigenvalue weighted by Crippen LogP contribution is -1.87. The van der Waals surface area contributed by atoms with E-state index < -0.39 is 0 Å². The molecule has 0 aliphatic carbocycles. The molecule has 0 radical (unpaired) electrons. The van der Waals surface area contributed by atoms with Gasteiger partial charge in [-0.2, -0.15) is 0 Å². The molecule has 0 aromatic carbocycles. The highest BCUT2D eigenvalue weighted by molar-refractivity contribution is 9.25. The molecule has 0 aromatic heterocycles. The van der Waals surface area contributed by atoms with Crippen molar-refractivity contribution < 1.29 is 4.18 Å². The first-order chi connectivity index (χ1) is 5.00. The third kappa shape index (κ3) is 5.07. The summed E-state index contributed by atoms with van der Waals surface area (Å²) in [6, 6.07) is 0. The van der Waals surface area contributed by atoms with E-state index in [-0.39, 0.29) is 0 Å². The molecule has 10 heavy (non-hydrogen) atoms. The molecule has 60 valence electrons. The van der Waals surface area contributed by atoms with Crippen molar-refractivity contribution in [3.63, 3.8) is 0 Å². The summed E-state index contributed by atoms with van der Waals surface area (Å²) in [5.74, 6) is 1.29. The van der Waals surface area contributed by atoms with E-state index >= 15 is 0 Å². The average Bonchev–Trinajstić information content (AvgIpc) is 2.01. The van der Waals surface area contributed by atoms with Crippen LogP contribution in [0, 0.1) is 0 Å². The monoisotopic (exact) mass is 214 g/mol. The average molecular weight is 214 g/mol. The van der Waals surface area contributed by atoms with Crippen LogP contribution in [0.2, 0.25) is 0 Å². The first-order valence-corrected chi connectivity index (χ1v) is 8.15. The lowest BCUT2D eigenvalue weighted by molar-refractivity contribution is 0.363. The molecular formula is C5H10OS4. The van der Waals surface area contributed by atoms with Gasteiger partial charge >= 0.3 is 0 Å². The number of hydrogen-bond acceptors (Lipinski definition) is 5. The van der Waals surface area contributed by atoms with Crippen molar-refractivity contribution in [3.8, 4) is 0 Å². The number of hydrogen-bond donors (Lipinski definition) is 0. The van der Waals surface area contributed by atoms with Crippen LogP contribution < -0.4 is 0 Å². The molecule has 1 nitrogen and oxygen atoms in total. The van der Waals surface area contributed by atoms with Crippen LogP contribution in [0.4, 0.5) is 0 Å². The van der Waals surface area contributed by atoms with E-state index in [9.17, 15) is 0 Å². The molecule has 0 amide bonds. The lowest BCUT2D eigenvalue weighted by Gasteiger charge is -2.04. The zero-order chi connectivity index (χ0) is 7.07. The van der Waals surface area contributed by atoms with Gasteiger partial charge in [0.25, 0.3) is 0 Å². The van der Waals surface area contributed by atoms with Crippen molar-refractivity contribution in [3.05, 3.63) is 0 Å². The molecule has 5 heteroatoms. The molecule has 1 aliphatic heterocycles. The summed E-state index contributed by atoms with van der Waals surface area (Å²) >= 11 is 1.51. The largest absolute Gasteiger partial charge is 0.304 e. The Kier molecular flexibility index (Phi) is 6.65. The zero-order valence-electron chi connectivity index (χ0n) is 5.58. The summed E-state index contributed by atoms with van der Waals surface area (Å²) in [6.45, 7) is 0.920. The first-order valence-electron chi connectivity index (χ1n) is 3.24. The summed E-state index contributed by atoms with van der Waals surface area (Å²) in [5, 5.41) is 0. The minimum Gasteiger partial charge on any atom is -0.304 e. The molecule has 0 bridgehead atoms. The second kappa shape index (κ2) is 7.03. The van der Waals surface area contributed by atoms with Crippen molar-refractivity contribution in [2.75, 3.05) is 12.4 Å². The molecule has 1 heterocycles. The third-order valence-corrected chi connectivity index (χ3v) is 6.81. The molecule has 0 spiro atoms. The minimum absolute atomic E-state index is 0.920. The molecule has 0 saturated carbocycles. The topological polar surface area (TPSA) is 9.23 Å². The van der Waals surface area contributed by atoms with E-state index in [4.69, 9.17) is 4.18 Å². The van der Waals surface area contributed by atoms with E-state index in [1.807, 2.05) is 20.6 Å². The Labute approximate surface area is 77.2 Å². The normalized spacial score (nSPS) is 24.0. The molecule has 0 atom stereocenters. The van der Waals surface area contributed by atoms with Crippen LogP contribution in [0.15, 0.2) is 0 Å². The predicted molar refractivity (Wildman–Crippen MR) is 55.0 cm³/mol. The number of rotatable bonds is 0. The van der Waals surface area contributed by atoms with Crippen molar-refractivity contribution in [2.45, 2.75) is 19.3 Å². The highest BCUT2D eigenvalue weighted by Gasteiger charge is 1.97. The second-order valence-corrected chi connectivity index (χ2v) is 7.58. The standard InChI is InChI=1S/C5H10OS4/c1-2-4-6-8-10-9-7-5-3-1/h1-5H2. The van der Waals surface area contributed by atoms with Crippen molar-refractivity contribution in [1.29, 1.82) is 0 Å². The zero-order valence-corrected chi connectivity index (χ0v) is 8.84. The van der Waals surface area contributed by atoms with E-state index in [2.05, 4.69) is 0 Å². The van der Waals surface area contributed by atoms with Crippen molar-refractivity contribution in [2.24, 2.45) is 0 Å². The molecule has 1 aliphatic rings. The highest BCUT2D eigenvalue weighted by Crippen LogP contribution is 2.44. The predicted octanol–water partition coefficient (Wildman–Crippen LogP) is 3.78. The first kappa shape index (κ1) is 9.45. The molecular weight excluding hydrogens is 204 g/mol. The fourth-order valence-electron chi connectivity index (χ4n) is 0.617. The molecule has 0 unspecified atom stereocenters. The van der Waals surface area contributed by atoms with Gasteiger partial charge in [0, 0.05) is 15.6 Å². The summed E-state index contributed by atoms with van der Waals surface area (Å²) in [7, 11) is 5.48. The maximum Gasteiger partial charge on any atom is 0.0748 e. The summed E-state index contributed by atoms with van der Waals surface area (Å²) in [4.78, 5) is 0. The lowest BCUT2D eigenvalue weighted by atomic mass is 10.3. The maximum atomic E-state index is 5.26. The molecule has 0 N–H and O–H groups in total. The smallest absolute Gasteiger partial charge is 0.0748 e. The Bertz CT molecular complexity index is 46.8. The van der Waals surface area contributed by atoms with E-state index in [1.165, 1.54) is 36.1 Å². The minimum atomic E-state index is 0.920. The van der Waals surface area contributed by atoms with Gasteiger partial charge in [-0.1, -0.05) is 17.2 Å². The van der Waals surface area contributed by atoms with Crippen LogP contribution in [0.1, 0.15) is 19.3 Å². The van der Waals surface area contributed by atoms with Gasteiger partial charge in [-0.3, -0.25) is 0 Å². The quantitative estimate of drug-likeness (QED) is 0.447. The van der Waals surface area contributed by atoms with Crippen LogP contribution in [-0.2, 0) is 4.18 Å². The van der Waals surface area contributed by atoms with Crippen LogP contribution in [0.3, 0.4) is 0 Å². The highest BCUT2D eigenvalue weighted by atomic mass is 33.7. The fraction of sp³-hybridized carbons (Fsp3) is 1.00. The van der Waals surface area contributed by atoms with Gasteiger partial charge in [0.05, 0.1) is 17.7 Å².